The van der Waals surface area contributed by atoms with Crippen LogP contribution in [0, 0.1) is 5.82 Å². The predicted octanol–water partition coefficient (Wildman–Crippen LogP) is 4.41. The molecule has 0 saturated carbocycles. The van der Waals surface area contributed by atoms with Gasteiger partial charge in [-0.3, -0.25) is 9.78 Å². The molecule has 11 heteroatoms. The Hall–Kier alpha value is -4.67. The van der Waals surface area contributed by atoms with Gasteiger partial charge in [0.05, 0.1) is 17.6 Å². The summed E-state index contributed by atoms with van der Waals surface area (Å²) in [5.41, 5.74) is 12.4. The molecule has 202 valence electrons. The fourth-order valence-corrected chi connectivity index (χ4v) is 6.51. The Morgan fingerprint density at radius 3 is 2.62 bits per heavy atom. The zero-order chi connectivity index (χ0) is 27.4. The third-order valence-corrected chi connectivity index (χ3v) is 8.34. The van der Waals surface area contributed by atoms with Gasteiger partial charge in [0.1, 0.15) is 18.0 Å². The first kappa shape index (κ1) is 24.4. The van der Waals surface area contributed by atoms with Crippen LogP contribution in [0.25, 0.3) is 28.0 Å². The highest BCUT2D eigenvalue weighted by Gasteiger charge is 2.45. The van der Waals surface area contributed by atoms with Crippen LogP contribution in [0.2, 0.25) is 0 Å². The average molecular weight is 538 g/mol. The molecule has 5 aromatic rings. The lowest BCUT2D eigenvalue weighted by Gasteiger charge is -2.38. The van der Waals surface area contributed by atoms with E-state index in [1.54, 1.807) is 23.0 Å². The molecule has 0 spiro atoms. The summed E-state index contributed by atoms with van der Waals surface area (Å²) in [5.74, 6) is 0.663. The molecule has 2 aliphatic rings. The predicted molar refractivity (Wildman–Crippen MR) is 147 cm³/mol. The van der Waals surface area contributed by atoms with Crippen LogP contribution in [-0.2, 0) is 6.42 Å². The van der Waals surface area contributed by atoms with Crippen molar-refractivity contribution < 1.29 is 9.18 Å². The van der Waals surface area contributed by atoms with E-state index in [9.17, 15) is 9.18 Å². The van der Waals surface area contributed by atoms with Crippen molar-refractivity contribution in [2.24, 2.45) is 0 Å². The van der Waals surface area contributed by atoms with Crippen LogP contribution in [-0.4, -0.2) is 57.7 Å². The van der Waals surface area contributed by atoms with Crippen molar-refractivity contribution in [2.75, 3.05) is 5.73 Å². The van der Waals surface area contributed by atoms with E-state index in [1.165, 1.54) is 18.5 Å². The van der Waals surface area contributed by atoms with E-state index < -0.39 is 0 Å². The second-order valence-corrected chi connectivity index (χ2v) is 10.6. The summed E-state index contributed by atoms with van der Waals surface area (Å²) in [5, 5.41) is 12.3. The molecular weight excluding hydrogens is 509 g/mol. The number of aromatic nitrogens is 7. The van der Waals surface area contributed by atoms with Crippen LogP contribution >= 0.6 is 0 Å². The van der Waals surface area contributed by atoms with Crippen LogP contribution in [0.3, 0.4) is 0 Å². The Bertz CT molecular complexity index is 1700. The van der Waals surface area contributed by atoms with Crippen LogP contribution in [0.15, 0.2) is 55.1 Å². The third kappa shape index (κ3) is 3.92. The molecular formula is C29H28FN9O. The molecule has 7 rings (SSSR count). The summed E-state index contributed by atoms with van der Waals surface area (Å²) >= 11 is 0. The first-order chi connectivity index (χ1) is 19.5. The first-order valence-electron chi connectivity index (χ1n) is 13.6. The Morgan fingerprint density at radius 1 is 1.12 bits per heavy atom. The molecule has 1 aromatic carbocycles. The SMILES string of the molecule is CCc1c([C@H]2C[C@H]3CC[C@@H](C2)N3C(=O)c2nnc[nH]2)nc2c(-c3ccc(-c4cccc(F)c4)nc3)cnn2c1N. The number of amides is 1. The number of aromatic amines is 1. The van der Waals surface area contributed by atoms with Gasteiger partial charge in [0.25, 0.3) is 5.91 Å². The van der Waals surface area contributed by atoms with Crippen molar-refractivity contribution in [3.63, 3.8) is 0 Å². The van der Waals surface area contributed by atoms with Crippen molar-refractivity contribution in [2.45, 2.75) is 57.0 Å². The maximum atomic E-state index is 13.7. The van der Waals surface area contributed by atoms with Gasteiger partial charge >= 0.3 is 0 Å². The smallest absolute Gasteiger partial charge is 0.292 e. The fraction of sp³-hybridized carbons (Fsp3) is 0.310. The van der Waals surface area contributed by atoms with Crippen molar-refractivity contribution in [1.82, 2.24) is 39.7 Å². The molecule has 3 N–H and O–H groups in total. The Labute approximate surface area is 229 Å². The number of nitrogens with two attached hydrogens (primary N) is 1. The van der Waals surface area contributed by atoms with E-state index in [0.29, 0.717) is 22.7 Å². The number of nitrogen functional groups attached to an aromatic ring is 1. The van der Waals surface area contributed by atoms with Crippen molar-refractivity contribution in [1.29, 1.82) is 0 Å². The zero-order valence-corrected chi connectivity index (χ0v) is 22.0. The van der Waals surface area contributed by atoms with Gasteiger partial charge in [-0.15, -0.1) is 10.2 Å². The van der Waals surface area contributed by atoms with Gasteiger partial charge in [-0.05, 0) is 50.3 Å². The maximum Gasteiger partial charge on any atom is 0.292 e. The number of rotatable bonds is 5. The fourth-order valence-electron chi connectivity index (χ4n) is 6.51. The Morgan fingerprint density at radius 2 is 1.95 bits per heavy atom. The summed E-state index contributed by atoms with van der Waals surface area (Å²) in [6.07, 6.45) is 9.25. The molecule has 2 aliphatic heterocycles. The molecule has 0 radical (unpaired) electrons. The van der Waals surface area contributed by atoms with Crippen molar-refractivity contribution in [3.05, 3.63) is 78.0 Å². The van der Waals surface area contributed by atoms with Gasteiger partial charge in [0, 0.05) is 46.5 Å². The minimum Gasteiger partial charge on any atom is -0.383 e. The number of carbonyl (C=O) groups is 1. The number of fused-ring (bicyclic) bond motifs is 3. The number of nitrogens with zero attached hydrogens (tertiary/aromatic N) is 7. The second kappa shape index (κ2) is 9.51. The van der Waals surface area contributed by atoms with Gasteiger partial charge in [0.2, 0.25) is 5.82 Å². The molecule has 0 aliphatic carbocycles. The summed E-state index contributed by atoms with van der Waals surface area (Å²) in [6, 6.07) is 10.4. The van der Waals surface area contributed by atoms with Crippen LogP contribution in [0.5, 0.6) is 0 Å². The highest BCUT2D eigenvalue weighted by molar-refractivity contribution is 5.91. The molecule has 2 fully saturated rings. The standard InChI is InChI=1S/C29H28FN9O/c1-2-22-25(18-11-20-7-8-21(12-18)38(20)29(40)27-33-15-34-37-27)36-28-23(14-35-39(28)26(22)31)17-6-9-24(32-13-17)16-4-3-5-19(30)10-16/h3-6,9-10,13-15,18,20-21H,2,7-8,11-12,31H2,1H3,(H,33,34,37)/t18-,20+,21-. The maximum absolute atomic E-state index is 13.7. The lowest BCUT2D eigenvalue weighted by molar-refractivity contribution is 0.0557. The van der Waals surface area contributed by atoms with Gasteiger partial charge < -0.3 is 15.6 Å². The third-order valence-electron chi connectivity index (χ3n) is 8.34. The molecule has 3 atom stereocenters. The van der Waals surface area contributed by atoms with Crippen LogP contribution in [0.4, 0.5) is 10.2 Å². The molecule has 2 bridgehead atoms. The normalized spacial score (nSPS) is 20.4. The molecule has 4 aromatic heterocycles. The van der Waals surface area contributed by atoms with Gasteiger partial charge in [-0.1, -0.05) is 25.1 Å². The van der Waals surface area contributed by atoms with E-state index in [-0.39, 0.29) is 35.6 Å². The largest absolute Gasteiger partial charge is 0.383 e. The number of nitrogens with one attached hydrogen (secondary N) is 1. The summed E-state index contributed by atoms with van der Waals surface area (Å²) in [7, 11) is 0. The minimum atomic E-state index is -0.299. The number of hydrogen-bond donors (Lipinski definition) is 2. The molecule has 0 unspecified atom stereocenters. The zero-order valence-electron chi connectivity index (χ0n) is 22.0. The lowest BCUT2D eigenvalue weighted by atomic mass is 9.85. The number of H-pyrrole nitrogens is 1. The minimum absolute atomic E-state index is 0.0886. The first-order valence-corrected chi connectivity index (χ1v) is 13.6. The molecule has 10 nitrogen and oxygen atoms in total. The molecule has 6 heterocycles. The highest BCUT2D eigenvalue weighted by Crippen LogP contribution is 2.45. The van der Waals surface area contributed by atoms with Crippen LogP contribution < -0.4 is 5.73 Å². The van der Waals surface area contributed by atoms with Crippen LogP contribution in [0.1, 0.15) is 60.4 Å². The van der Waals surface area contributed by atoms with Gasteiger partial charge in [-0.2, -0.15) is 9.61 Å². The number of pyridine rings is 1. The number of hydrogen-bond acceptors (Lipinski definition) is 7. The lowest BCUT2D eigenvalue weighted by Crippen LogP contribution is -2.46. The topological polar surface area (TPSA) is 131 Å². The van der Waals surface area contributed by atoms with E-state index in [0.717, 1.165) is 54.5 Å². The molecule has 1 amide bonds. The van der Waals surface area contributed by atoms with Crippen molar-refractivity contribution in [3.8, 4) is 22.4 Å². The molecule has 40 heavy (non-hydrogen) atoms. The number of anilines is 1. The number of piperidine rings is 1. The summed E-state index contributed by atoms with van der Waals surface area (Å²) in [6.45, 7) is 2.08. The Kier molecular flexibility index (Phi) is 5.79. The summed E-state index contributed by atoms with van der Waals surface area (Å²) < 4.78 is 15.4. The van der Waals surface area contributed by atoms with E-state index in [2.05, 4.69) is 32.2 Å². The van der Waals surface area contributed by atoms with E-state index in [4.69, 9.17) is 10.7 Å². The van der Waals surface area contributed by atoms with E-state index >= 15 is 0 Å². The quantitative estimate of drug-likeness (QED) is 0.339. The Balaban J connectivity index is 1.23. The average Bonchev–Trinajstić information content (AvgIpc) is 3.71. The monoisotopic (exact) mass is 537 g/mol. The van der Waals surface area contributed by atoms with E-state index in [1.807, 2.05) is 23.1 Å². The number of benzene rings is 1. The van der Waals surface area contributed by atoms with Gasteiger partial charge in [-0.25, -0.2) is 9.37 Å². The number of halogens is 1. The number of carbonyl (C=O) groups excluding carboxylic acids is 1. The van der Waals surface area contributed by atoms with Gasteiger partial charge in [0.15, 0.2) is 5.65 Å². The summed E-state index contributed by atoms with van der Waals surface area (Å²) in [4.78, 5) is 27.7. The van der Waals surface area contributed by atoms with Crippen molar-refractivity contribution >= 4 is 17.4 Å². The highest BCUT2D eigenvalue weighted by atomic mass is 19.1. The molecule has 2 saturated heterocycles. The second-order valence-electron chi connectivity index (χ2n) is 10.6.